The van der Waals surface area contributed by atoms with Gasteiger partial charge in [-0.3, -0.25) is 0 Å². The van der Waals surface area contributed by atoms with Crippen LogP contribution in [0.15, 0.2) is 72.8 Å². The average Bonchev–Trinajstić information content (AvgIpc) is 2.62. The summed E-state index contributed by atoms with van der Waals surface area (Å²) in [6.07, 6.45) is 0. The summed E-state index contributed by atoms with van der Waals surface area (Å²) < 4.78 is 10.3. The minimum absolute atomic E-state index is 0.0289. The second kappa shape index (κ2) is 7.40. The van der Waals surface area contributed by atoms with Crippen molar-refractivity contribution in [2.45, 2.75) is 0 Å². The molecular weight excluding hydrogens is 336 g/mol. The zero-order valence-electron chi connectivity index (χ0n) is 13.5. The molecule has 3 aromatic carbocycles. The predicted molar refractivity (Wildman–Crippen MR) is 92.6 cm³/mol. The van der Waals surface area contributed by atoms with E-state index in [1.165, 1.54) is 60.7 Å². The Hall–Kier alpha value is -3.80. The van der Waals surface area contributed by atoms with Crippen molar-refractivity contribution < 1.29 is 29.3 Å². The van der Waals surface area contributed by atoms with Crippen LogP contribution >= 0.6 is 0 Å². The van der Waals surface area contributed by atoms with Crippen LogP contribution in [0.2, 0.25) is 0 Å². The summed E-state index contributed by atoms with van der Waals surface area (Å²) in [6, 6.07) is 17.5. The summed E-state index contributed by atoms with van der Waals surface area (Å²) in [6.45, 7) is 0. The standard InChI is InChI=1S/C20H14O6/c21-15-6-2-8-17(11-15)25-19(23)13-4-1-5-14(10-13)20(24)26-18-9-3-7-16(22)12-18/h1-12,21-22H. The topological polar surface area (TPSA) is 93.1 Å². The zero-order valence-corrected chi connectivity index (χ0v) is 13.5. The molecule has 0 heterocycles. The third-order valence-electron chi connectivity index (χ3n) is 3.39. The number of hydrogen-bond donors (Lipinski definition) is 2. The van der Waals surface area contributed by atoms with Gasteiger partial charge in [-0.05, 0) is 42.5 Å². The highest BCUT2D eigenvalue weighted by Crippen LogP contribution is 2.21. The highest BCUT2D eigenvalue weighted by molar-refractivity contribution is 5.96. The van der Waals surface area contributed by atoms with E-state index in [4.69, 9.17) is 9.47 Å². The van der Waals surface area contributed by atoms with Crippen molar-refractivity contribution in [3.8, 4) is 23.0 Å². The molecule has 0 aliphatic rings. The molecule has 0 aliphatic carbocycles. The van der Waals surface area contributed by atoms with Crippen LogP contribution in [0.1, 0.15) is 20.7 Å². The molecule has 6 nitrogen and oxygen atoms in total. The molecule has 2 N–H and O–H groups in total. The molecule has 0 radical (unpaired) electrons. The molecular formula is C20H14O6. The van der Waals surface area contributed by atoms with E-state index in [2.05, 4.69) is 0 Å². The molecule has 130 valence electrons. The highest BCUT2D eigenvalue weighted by atomic mass is 16.5. The Labute approximate surface area is 148 Å². The van der Waals surface area contributed by atoms with Crippen LogP contribution in [0.4, 0.5) is 0 Å². The first-order chi connectivity index (χ1) is 12.5. The van der Waals surface area contributed by atoms with Crippen molar-refractivity contribution in [3.63, 3.8) is 0 Å². The zero-order chi connectivity index (χ0) is 18.5. The molecule has 26 heavy (non-hydrogen) atoms. The fourth-order valence-corrected chi connectivity index (χ4v) is 2.20. The molecule has 3 aromatic rings. The maximum Gasteiger partial charge on any atom is 0.343 e. The number of esters is 2. The average molecular weight is 350 g/mol. The van der Waals surface area contributed by atoms with Gasteiger partial charge in [-0.15, -0.1) is 0 Å². The van der Waals surface area contributed by atoms with Gasteiger partial charge in [-0.25, -0.2) is 9.59 Å². The first-order valence-electron chi connectivity index (χ1n) is 7.64. The van der Waals surface area contributed by atoms with Crippen molar-refractivity contribution in [1.29, 1.82) is 0 Å². The minimum Gasteiger partial charge on any atom is -0.508 e. The summed E-state index contributed by atoms with van der Waals surface area (Å²) >= 11 is 0. The second-order valence-electron chi connectivity index (χ2n) is 5.35. The lowest BCUT2D eigenvalue weighted by atomic mass is 10.1. The Morgan fingerprint density at radius 2 is 1.04 bits per heavy atom. The Bertz CT molecular complexity index is 889. The SMILES string of the molecule is O=C(Oc1cccc(O)c1)c1cccc(C(=O)Oc2cccc(O)c2)c1. The molecule has 0 spiro atoms. The molecule has 0 aromatic heterocycles. The van der Waals surface area contributed by atoms with Gasteiger partial charge in [0.15, 0.2) is 0 Å². The summed E-state index contributed by atoms with van der Waals surface area (Å²) in [4.78, 5) is 24.4. The van der Waals surface area contributed by atoms with E-state index in [1.807, 2.05) is 0 Å². The number of aromatic hydroxyl groups is 2. The lowest BCUT2D eigenvalue weighted by Crippen LogP contribution is -2.12. The van der Waals surface area contributed by atoms with Gasteiger partial charge in [-0.1, -0.05) is 18.2 Å². The van der Waals surface area contributed by atoms with Crippen LogP contribution in [0.25, 0.3) is 0 Å². The van der Waals surface area contributed by atoms with Crippen LogP contribution in [0.3, 0.4) is 0 Å². The number of phenols is 2. The Balaban J connectivity index is 1.75. The van der Waals surface area contributed by atoms with E-state index in [9.17, 15) is 19.8 Å². The summed E-state index contributed by atoms with van der Waals surface area (Å²) in [5.74, 6) is -1.05. The molecule has 0 saturated carbocycles. The molecule has 0 fully saturated rings. The van der Waals surface area contributed by atoms with Gasteiger partial charge < -0.3 is 19.7 Å². The Kier molecular flexibility index (Phi) is 4.85. The normalized spacial score (nSPS) is 10.2. The molecule has 3 rings (SSSR count). The van der Waals surface area contributed by atoms with Gasteiger partial charge in [-0.2, -0.15) is 0 Å². The number of phenolic OH excluding ortho intramolecular Hbond substituents is 2. The molecule has 0 unspecified atom stereocenters. The van der Waals surface area contributed by atoms with Crippen LogP contribution in [-0.2, 0) is 0 Å². The number of rotatable bonds is 4. The number of carbonyl (C=O) groups excluding carboxylic acids is 2. The number of carbonyl (C=O) groups is 2. The smallest absolute Gasteiger partial charge is 0.343 e. The van der Waals surface area contributed by atoms with Crippen LogP contribution in [0, 0.1) is 0 Å². The minimum atomic E-state index is -0.678. The lowest BCUT2D eigenvalue weighted by Gasteiger charge is -2.07. The summed E-state index contributed by atoms with van der Waals surface area (Å²) in [5, 5.41) is 18.8. The largest absolute Gasteiger partial charge is 0.508 e. The molecule has 0 bridgehead atoms. The molecule has 0 aliphatic heterocycles. The first kappa shape index (κ1) is 17.0. The maximum absolute atomic E-state index is 12.2. The molecule has 6 heteroatoms. The van der Waals surface area contributed by atoms with Gasteiger partial charge in [0.05, 0.1) is 11.1 Å². The number of ether oxygens (including phenoxy) is 2. The van der Waals surface area contributed by atoms with Gasteiger partial charge in [0.25, 0.3) is 0 Å². The predicted octanol–water partition coefficient (Wildman–Crippen LogP) is 3.54. The van der Waals surface area contributed by atoms with Crippen LogP contribution in [0.5, 0.6) is 23.0 Å². The van der Waals surface area contributed by atoms with Crippen molar-refractivity contribution in [3.05, 3.63) is 83.9 Å². The molecule has 0 saturated heterocycles. The fourth-order valence-electron chi connectivity index (χ4n) is 2.20. The van der Waals surface area contributed by atoms with Gasteiger partial charge >= 0.3 is 11.9 Å². The second-order valence-corrected chi connectivity index (χ2v) is 5.35. The number of benzene rings is 3. The Morgan fingerprint density at radius 1 is 0.615 bits per heavy atom. The molecule has 0 amide bonds. The van der Waals surface area contributed by atoms with Gasteiger partial charge in [0.2, 0.25) is 0 Å². The third kappa shape index (κ3) is 4.18. The lowest BCUT2D eigenvalue weighted by molar-refractivity contribution is 0.0734. The van der Waals surface area contributed by atoms with Crippen molar-refractivity contribution in [1.82, 2.24) is 0 Å². The van der Waals surface area contributed by atoms with E-state index < -0.39 is 11.9 Å². The van der Waals surface area contributed by atoms with Crippen LogP contribution < -0.4 is 9.47 Å². The van der Waals surface area contributed by atoms with Crippen LogP contribution in [-0.4, -0.2) is 22.2 Å². The molecule has 0 atom stereocenters. The van der Waals surface area contributed by atoms with Crippen molar-refractivity contribution in [2.24, 2.45) is 0 Å². The van der Waals surface area contributed by atoms with E-state index in [-0.39, 0.29) is 34.1 Å². The van der Waals surface area contributed by atoms with Crippen molar-refractivity contribution in [2.75, 3.05) is 0 Å². The monoisotopic (exact) mass is 350 g/mol. The van der Waals surface area contributed by atoms with E-state index in [0.717, 1.165) is 0 Å². The summed E-state index contributed by atoms with van der Waals surface area (Å²) in [7, 11) is 0. The van der Waals surface area contributed by atoms with E-state index >= 15 is 0 Å². The van der Waals surface area contributed by atoms with E-state index in [1.54, 1.807) is 12.1 Å². The fraction of sp³-hybridized carbons (Fsp3) is 0. The third-order valence-corrected chi connectivity index (χ3v) is 3.39. The van der Waals surface area contributed by atoms with Gasteiger partial charge in [0, 0.05) is 12.1 Å². The quantitative estimate of drug-likeness (QED) is 0.552. The summed E-state index contributed by atoms with van der Waals surface area (Å²) in [5.41, 5.74) is 0.303. The van der Waals surface area contributed by atoms with Gasteiger partial charge in [0.1, 0.15) is 23.0 Å². The maximum atomic E-state index is 12.2. The van der Waals surface area contributed by atoms with E-state index in [0.29, 0.717) is 0 Å². The van der Waals surface area contributed by atoms with Crippen molar-refractivity contribution >= 4 is 11.9 Å². The Morgan fingerprint density at radius 3 is 1.46 bits per heavy atom. The number of hydrogen-bond acceptors (Lipinski definition) is 6. The first-order valence-corrected chi connectivity index (χ1v) is 7.64. The highest BCUT2D eigenvalue weighted by Gasteiger charge is 2.14.